The highest BCUT2D eigenvalue weighted by molar-refractivity contribution is 7.14. The summed E-state index contributed by atoms with van der Waals surface area (Å²) < 4.78 is 171. The Labute approximate surface area is 203 Å². The minimum Gasteiger partial charge on any atom is -0.296 e. The lowest BCUT2D eigenvalue weighted by Gasteiger charge is -2.39. The summed E-state index contributed by atoms with van der Waals surface area (Å²) in [4.78, 5) is 15.2. The van der Waals surface area contributed by atoms with Gasteiger partial charge in [-0.15, -0.1) is 11.3 Å². The predicted octanol–water partition coefficient (Wildman–Crippen LogP) is 7.78. The molecule has 0 fully saturated rings. The van der Waals surface area contributed by atoms with Gasteiger partial charge in [-0.05, 0) is 11.0 Å². The van der Waals surface area contributed by atoms with Gasteiger partial charge in [0.05, 0.1) is 5.69 Å². The third-order valence-corrected chi connectivity index (χ3v) is 5.75. The normalized spacial score (nSPS) is 14.6. The Hall–Kier alpha value is -2.59. The van der Waals surface area contributed by atoms with E-state index in [2.05, 4.69) is 4.98 Å². The maximum Gasteiger partial charge on any atom is 0.460 e. The van der Waals surface area contributed by atoms with Crippen molar-refractivity contribution in [1.29, 1.82) is 0 Å². The highest BCUT2D eigenvalue weighted by Crippen LogP contribution is 2.60. The van der Waals surface area contributed by atoms with Gasteiger partial charge in [0.25, 0.3) is 0 Å². The fraction of sp³-hybridized carbons (Fsp3) is 0.500. The van der Waals surface area contributed by atoms with Crippen LogP contribution in [0.1, 0.15) is 26.3 Å². The molecule has 0 radical (unpaired) electrons. The summed E-state index contributed by atoms with van der Waals surface area (Å²) >= 11 is 0.304. The second-order valence-corrected chi connectivity index (χ2v) is 9.55. The Balaban J connectivity index is 2.34. The molecule has 0 aliphatic rings. The molecule has 208 valence electrons. The number of hydrogen-bond donors (Lipinski definition) is 1. The number of thiazole rings is 1. The third kappa shape index (κ3) is 4.97. The Kier molecular flexibility index (Phi) is 7.46. The molecule has 0 unspecified atom stereocenters. The second-order valence-electron chi connectivity index (χ2n) is 8.69. The number of amides is 1. The summed E-state index contributed by atoms with van der Waals surface area (Å²) in [6, 6.07) is 6.32. The molecule has 0 saturated heterocycles. The number of carbonyl (C=O) groups is 1. The van der Waals surface area contributed by atoms with Crippen LogP contribution in [0.15, 0.2) is 29.6 Å². The summed E-state index contributed by atoms with van der Waals surface area (Å²) in [6.45, 7) is 5.66. The molecule has 0 bridgehead atoms. The van der Waals surface area contributed by atoms with E-state index in [9.17, 15) is 61.9 Å². The number of nitrogens with one attached hydrogen (secondary N) is 1. The summed E-state index contributed by atoms with van der Waals surface area (Å²) in [6.07, 6.45) is -7.53. The minimum atomic E-state index is -8.08. The van der Waals surface area contributed by atoms with Crippen LogP contribution in [-0.4, -0.2) is 46.7 Å². The third-order valence-electron chi connectivity index (χ3n) is 4.99. The van der Waals surface area contributed by atoms with Gasteiger partial charge in [-0.2, -0.15) is 57.1 Å². The Bertz CT molecular complexity index is 1130. The van der Waals surface area contributed by atoms with E-state index in [0.29, 0.717) is 16.9 Å². The fourth-order valence-corrected chi connectivity index (χ4v) is 3.41. The van der Waals surface area contributed by atoms with Crippen LogP contribution >= 0.6 is 11.3 Å². The van der Waals surface area contributed by atoms with Gasteiger partial charge in [-0.1, -0.05) is 45.0 Å². The number of hydrogen-bond acceptors (Lipinski definition) is 3. The first-order valence-electron chi connectivity index (χ1n) is 9.66. The first-order chi connectivity index (χ1) is 16.3. The summed E-state index contributed by atoms with van der Waals surface area (Å²) in [5.41, 5.74) is 0.884. The van der Waals surface area contributed by atoms with Crippen molar-refractivity contribution >= 4 is 22.4 Å². The van der Waals surface area contributed by atoms with Crippen molar-refractivity contribution in [2.24, 2.45) is 0 Å². The van der Waals surface area contributed by atoms with Gasteiger partial charge >= 0.3 is 41.7 Å². The Morgan fingerprint density at radius 1 is 0.730 bits per heavy atom. The fourth-order valence-electron chi connectivity index (χ4n) is 2.69. The molecule has 1 N–H and O–H groups in total. The highest BCUT2D eigenvalue weighted by atomic mass is 32.1. The zero-order chi connectivity index (χ0) is 29.0. The minimum absolute atomic E-state index is 0.0301. The highest BCUT2D eigenvalue weighted by Gasteiger charge is 2.91. The van der Waals surface area contributed by atoms with Crippen LogP contribution in [0.4, 0.5) is 62.2 Å². The van der Waals surface area contributed by atoms with Crippen LogP contribution < -0.4 is 5.32 Å². The van der Waals surface area contributed by atoms with Gasteiger partial charge < -0.3 is 0 Å². The van der Waals surface area contributed by atoms with Gasteiger partial charge in [0.15, 0.2) is 5.13 Å². The average molecular weight is 578 g/mol. The van der Waals surface area contributed by atoms with E-state index < -0.39 is 46.8 Å². The zero-order valence-corrected chi connectivity index (χ0v) is 19.4. The molecule has 37 heavy (non-hydrogen) atoms. The Morgan fingerprint density at radius 2 is 1.19 bits per heavy atom. The molecule has 0 aliphatic heterocycles. The lowest BCUT2D eigenvalue weighted by molar-refractivity contribution is -0.435. The van der Waals surface area contributed by atoms with Crippen molar-refractivity contribution in [1.82, 2.24) is 4.98 Å². The van der Waals surface area contributed by atoms with E-state index >= 15 is 0 Å². The first-order valence-corrected chi connectivity index (χ1v) is 10.5. The summed E-state index contributed by atoms with van der Waals surface area (Å²) in [5.74, 6) is -42.0. The standard InChI is InChI=1S/C20H15F13N2OS/c1-14(2,3)10-6-4-9(5-7-10)11-8-37-13(34-11)35-12(36)15(21,22)16(23,24)17(25,26)18(27,28)19(29,30)20(31,32)33/h4-8H,1-3H3,(H,34,35,36). The molecule has 0 spiro atoms. The van der Waals surface area contributed by atoms with Crippen molar-refractivity contribution in [3.63, 3.8) is 0 Å². The van der Waals surface area contributed by atoms with Crippen molar-refractivity contribution in [3.8, 4) is 11.3 Å². The van der Waals surface area contributed by atoms with E-state index in [1.807, 2.05) is 20.8 Å². The molecule has 3 nitrogen and oxygen atoms in total. The van der Waals surface area contributed by atoms with Crippen LogP contribution in [0.3, 0.4) is 0 Å². The molecule has 2 aromatic rings. The molecular weight excluding hydrogens is 563 g/mol. The van der Waals surface area contributed by atoms with Crippen LogP contribution in [0, 0.1) is 0 Å². The van der Waals surface area contributed by atoms with Gasteiger partial charge in [0.2, 0.25) is 0 Å². The number of halogens is 13. The van der Waals surface area contributed by atoms with Crippen LogP contribution in [0.25, 0.3) is 11.3 Å². The topological polar surface area (TPSA) is 42.0 Å². The zero-order valence-electron chi connectivity index (χ0n) is 18.6. The van der Waals surface area contributed by atoms with Crippen molar-refractivity contribution in [2.45, 2.75) is 62.0 Å². The molecular formula is C20H15F13N2OS. The lowest BCUT2D eigenvalue weighted by atomic mass is 9.86. The van der Waals surface area contributed by atoms with E-state index in [-0.39, 0.29) is 11.1 Å². The number of alkyl halides is 13. The summed E-state index contributed by atoms with van der Waals surface area (Å²) in [7, 11) is 0. The Morgan fingerprint density at radius 3 is 1.62 bits per heavy atom. The van der Waals surface area contributed by atoms with Crippen LogP contribution in [-0.2, 0) is 10.2 Å². The predicted molar refractivity (Wildman–Crippen MR) is 106 cm³/mol. The second kappa shape index (κ2) is 9.01. The average Bonchev–Trinajstić information content (AvgIpc) is 3.20. The molecule has 1 heterocycles. The smallest absolute Gasteiger partial charge is 0.296 e. The van der Waals surface area contributed by atoms with Crippen LogP contribution in [0.2, 0.25) is 0 Å². The molecule has 0 saturated carbocycles. The molecule has 2 rings (SSSR count). The molecule has 1 amide bonds. The number of carbonyl (C=O) groups excluding carboxylic acids is 1. The van der Waals surface area contributed by atoms with Crippen molar-refractivity contribution in [3.05, 3.63) is 35.2 Å². The maximum absolute atomic E-state index is 14.0. The lowest BCUT2D eigenvalue weighted by Crippen LogP contribution is -2.71. The maximum atomic E-state index is 14.0. The summed E-state index contributed by atoms with van der Waals surface area (Å²) in [5, 5.41) is 1.13. The van der Waals surface area contributed by atoms with E-state index in [1.165, 1.54) is 12.1 Å². The van der Waals surface area contributed by atoms with Gasteiger partial charge in [0.1, 0.15) is 0 Å². The van der Waals surface area contributed by atoms with Gasteiger partial charge in [-0.3, -0.25) is 10.1 Å². The van der Waals surface area contributed by atoms with Crippen molar-refractivity contribution in [2.75, 3.05) is 5.32 Å². The van der Waals surface area contributed by atoms with E-state index in [0.717, 1.165) is 16.3 Å². The number of rotatable bonds is 7. The molecule has 1 aromatic carbocycles. The molecule has 17 heteroatoms. The van der Waals surface area contributed by atoms with Gasteiger partial charge in [0, 0.05) is 10.9 Å². The number of anilines is 1. The first kappa shape index (κ1) is 30.6. The van der Waals surface area contributed by atoms with E-state index in [4.69, 9.17) is 0 Å². The number of benzene rings is 1. The van der Waals surface area contributed by atoms with Crippen molar-refractivity contribution < 1.29 is 61.9 Å². The molecule has 1 aromatic heterocycles. The van der Waals surface area contributed by atoms with Gasteiger partial charge in [-0.25, -0.2) is 4.98 Å². The monoisotopic (exact) mass is 578 g/mol. The van der Waals surface area contributed by atoms with Crippen LogP contribution in [0.5, 0.6) is 0 Å². The largest absolute Gasteiger partial charge is 0.460 e. The quantitative estimate of drug-likeness (QED) is 0.341. The van der Waals surface area contributed by atoms with E-state index in [1.54, 1.807) is 12.1 Å². The SMILES string of the molecule is CC(C)(C)c1ccc(-c2csc(NC(=O)C(F)(F)C(F)(F)C(F)(F)C(F)(F)C(F)(F)C(F)(F)F)n2)cc1. The number of aromatic nitrogens is 1. The molecule has 0 atom stereocenters. The molecule has 0 aliphatic carbocycles. The number of nitrogens with zero attached hydrogens (tertiary/aromatic N) is 1.